The fraction of sp³-hybridized carbons (Fsp3) is 0.700. The lowest BCUT2D eigenvalue weighted by Gasteiger charge is -2.11. The van der Waals surface area contributed by atoms with Crippen LogP contribution < -0.4 is 0 Å². The molecule has 0 aliphatic carbocycles. The van der Waals surface area contributed by atoms with Gasteiger partial charge in [-0.15, -0.1) is 0 Å². The first-order valence-electron chi connectivity index (χ1n) is 4.55. The molecule has 2 heteroatoms. The molecule has 0 aromatic heterocycles. The van der Waals surface area contributed by atoms with Crippen LogP contribution in [0.25, 0.3) is 0 Å². The van der Waals surface area contributed by atoms with E-state index in [9.17, 15) is 4.79 Å². The molecule has 0 aliphatic rings. The summed E-state index contributed by atoms with van der Waals surface area (Å²) in [7, 11) is 0. The summed E-state index contributed by atoms with van der Waals surface area (Å²) in [6, 6.07) is 0. The van der Waals surface area contributed by atoms with Gasteiger partial charge in [0.1, 0.15) is 6.10 Å². The van der Waals surface area contributed by atoms with Gasteiger partial charge in [-0.2, -0.15) is 0 Å². The number of rotatable bonds is 7. The third kappa shape index (κ3) is 5.96. The minimum Gasteiger partial charge on any atom is -0.465 e. The van der Waals surface area contributed by atoms with Crippen LogP contribution in [0.5, 0.6) is 0 Å². The first kappa shape index (κ1) is 11.2. The maximum absolute atomic E-state index is 10.0. The molecule has 0 aliphatic heterocycles. The molecule has 0 amide bonds. The Bertz CT molecular complexity index is 130. The second-order valence-electron chi connectivity index (χ2n) is 2.76. The van der Waals surface area contributed by atoms with Gasteiger partial charge in [-0.1, -0.05) is 19.1 Å². The minimum atomic E-state index is 0.118. The molecule has 0 radical (unpaired) electrons. The highest BCUT2D eigenvalue weighted by atomic mass is 16.5. The summed E-state index contributed by atoms with van der Waals surface area (Å²) < 4.78 is 4.87. The van der Waals surface area contributed by atoms with Crippen molar-refractivity contribution in [2.24, 2.45) is 0 Å². The predicted octanol–water partition coefficient (Wildman–Crippen LogP) is 2.68. The lowest BCUT2D eigenvalue weighted by atomic mass is 10.1. The molecule has 0 rings (SSSR count). The molecule has 12 heavy (non-hydrogen) atoms. The number of allylic oxidation sites excluding steroid dienone is 2. The standard InChI is InChI=1S/C10H18O2/c1-3-5-6-7-8-10(4-2)12-9-11/h3,5,9-10H,4,6-8H2,1-2H3. The van der Waals surface area contributed by atoms with E-state index in [1.807, 2.05) is 19.9 Å². The smallest absolute Gasteiger partial charge is 0.293 e. The molecule has 0 saturated carbocycles. The third-order valence-electron chi connectivity index (χ3n) is 1.84. The summed E-state index contributed by atoms with van der Waals surface area (Å²) in [6.07, 6.45) is 8.35. The van der Waals surface area contributed by atoms with E-state index in [4.69, 9.17) is 4.74 Å². The Morgan fingerprint density at radius 3 is 2.75 bits per heavy atom. The van der Waals surface area contributed by atoms with Crippen LogP contribution in [0.2, 0.25) is 0 Å². The molecule has 0 bridgehead atoms. The Morgan fingerprint density at radius 2 is 2.25 bits per heavy atom. The third-order valence-corrected chi connectivity index (χ3v) is 1.84. The van der Waals surface area contributed by atoms with Gasteiger partial charge in [-0.3, -0.25) is 4.79 Å². The largest absolute Gasteiger partial charge is 0.465 e. The van der Waals surface area contributed by atoms with E-state index >= 15 is 0 Å². The summed E-state index contributed by atoms with van der Waals surface area (Å²) >= 11 is 0. The van der Waals surface area contributed by atoms with Crippen molar-refractivity contribution in [1.29, 1.82) is 0 Å². The van der Waals surface area contributed by atoms with Gasteiger partial charge in [0.15, 0.2) is 0 Å². The Kier molecular flexibility index (Phi) is 7.76. The van der Waals surface area contributed by atoms with Crippen LogP contribution in [0, 0.1) is 0 Å². The average molecular weight is 170 g/mol. The van der Waals surface area contributed by atoms with Gasteiger partial charge in [0.2, 0.25) is 0 Å². The van der Waals surface area contributed by atoms with Crippen molar-refractivity contribution in [2.45, 2.75) is 45.6 Å². The monoisotopic (exact) mass is 170 g/mol. The molecule has 70 valence electrons. The quantitative estimate of drug-likeness (QED) is 0.333. The summed E-state index contributed by atoms with van der Waals surface area (Å²) in [5, 5.41) is 0. The van der Waals surface area contributed by atoms with Crippen molar-refractivity contribution in [2.75, 3.05) is 0 Å². The number of ether oxygens (including phenoxy) is 1. The first-order valence-corrected chi connectivity index (χ1v) is 4.55. The van der Waals surface area contributed by atoms with Crippen LogP contribution in [0.1, 0.15) is 39.5 Å². The van der Waals surface area contributed by atoms with E-state index in [0.717, 1.165) is 25.7 Å². The molecule has 0 heterocycles. The zero-order valence-electron chi connectivity index (χ0n) is 7.95. The minimum absolute atomic E-state index is 0.118. The van der Waals surface area contributed by atoms with Crippen molar-refractivity contribution in [3.05, 3.63) is 12.2 Å². The van der Waals surface area contributed by atoms with Crippen LogP contribution in [-0.4, -0.2) is 12.6 Å². The molecular formula is C10H18O2. The fourth-order valence-electron chi connectivity index (χ4n) is 1.08. The molecule has 2 nitrogen and oxygen atoms in total. The van der Waals surface area contributed by atoms with E-state index in [-0.39, 0.29) is 6.10 Å². The van der Waals surface area contributed by atoms with E-state index in [1.54, 1.807) is 0 Å². The van der Waals surface area contributed by atoms with Gasteiger partial charge < -0.3 is 4.74 Å². The van der Waals surface area contributed by atoms with Gasteiger partial charge in [-0.05, 0) is 32.6 Å². The highest BCUT2D eigenvalue weighted by Gasteiger charge is 2.03. The van der Waals surface area contributed by atoms with Crippen LogP contribution in [0.15, 0.2) is 12.2 Å². The second-order valence-corrected chi connectivity index (χ2v) is 2.76. The molecule has 1 atom stereocenters. The molecule has 0 fully saturated rings. The number of carbonyl (C=O) groups excluding carboxylic acids is 1. The summed E-state index contributed by atoms with van der Waals surface area (Å²) in [5.41, 5.74) is 0. The maximum Gasteiger partial charge on any atom is 0.293 e. The van der Waals surface area contributed by atoms with Gasteiger partial charge in [0, 0.05) is 0 Å². The van der Waals surface area contributed by atoms with Crippen molar-refractivity contribution in [3.63, 3.8) is 0 Å². The summed E-state index contributed by atoms with van der Waals surface area (Å²) in [6.45, 7) is 4.59. The Labute approximate surface area is 74.6 Å². The lowest BCUT2D eigenvalue weighted by Crippen LogP contribution is -2.09. The van der Waals surface area contributed by atoms with Gasteiger partial charge in [0.05, 0.1) is 0 Å². The average Bonchev–Trinajstić information content (AvgIpc) is 2.10. The molecule has 0 aromatic carbocycles. The molecular weight excluding hydrogens is 152 g/mol. The lowest BCUT2D eigenvalue weighted by molar-refractivity contribution is -0.134. The van der Waals surface area contributed by atoms with Crippen molar-refractivity contribution in [3.8, 4) is 0 Å². The van der Waals surface area contributed by atoms with Crippen LogP contribution in [-0.2, 0) is 9.53 Å². The second kappa shape index (κ2) is 8.31. The molecule has 1 unspecified atom stereocenters. The first-order chi connectivity index (χ1) is 5.85. The van der Waals surface area contributed by atoms with Crippen LogP contribution >= 0.6 is 0 Å². The number of unbranched alkanes of at least 4 members (excludes halogenated alkanes) is 1. The van der Waals surface area contributed by atoms with Crippen LogP contribution in [0.4, 0.5) is 0 Å². The van der Waals surface area contributed by atoms with Crippen LogP contribution in [0.3, 0.4) is 0 Å². The Morgan fingerprint density at radius 1 is 1.50 bits per heavy atom. The summed E-state index contributed by atoms with van der Waals surface area (Å²) in [5.74, 6) is 0. The van der Waals surface area contributed by atoms with E-state index < -0.39 is 0 Å². The molecule has 0 saturated heterocycles. The molecule has 0 N–H and O–H groups in total. The van der Waals surface area contributed by atoms with Gasteiger partial charge >= 0.3 is 0 Å². The van der Waals surface area contributed by atoms with E-state index in [1.165, 1.54) is 0 Å². The topological polar surface area (TPSA) is 26.3 Å². The number of hydrogen-bond donors (Lipinski definition) is 0. The van der Waals surface area contributed by atoms with E-state index in [2.05, 4.69) is 6.08 Å². The Balaban J connectivity index is 3.37. The van der Waals surface area contributed by atoms with Gasteiger partial charge in [0.25, 0.3) is 6.47 Å². The molecule has 0 spiro atoms. The SMILES string of the molecule is CC=CCCCC(CC)OC=O. The van der Waals surface area contributed by atoms with Crippen molar-refractivity contribution in [1.82, 2.24) is 0 Å². The van der Waals surface area contributed by atoms with Crippen molar-refractivity contribution < 1.29 is 9.53 Å². The number of hydrogen-bond acceptors (Lipinski definition) is 2. The van der Waals surface area contributed by atoms with E-state index in [0.29, 0.717) is 6.47 Å². The van der Waals surface area contributed by atoms with Crippen molar-refractivity contribution >= 4 is 6.47 Å². The maximum atomic E-state index is 10.0. The highest BCUT2D eigenvalue weighted by Crippen LogP contribution is 2.07. The Hall–Kier alpha value is -0.790. The number of carbonyl (C=O) groups is 1. The highest BCUT2D eigenvalue weighted by molar-refractivity contribution is 5.37. The fourth-order valence-corrected chi connectivity index (χ4v) is 1.08. The molecule has 0 aromatic rings. The van der Waals surface area contributed by atoms with Gasteiger partial charge in [-0.25, -0.2) is 0 Å². The predicted molar refractivity (Wildman–Crippen MR) is 49.9 cm³/mol. The summed E-state index contributed by atoms with van der Waals surface area (Å²) in [4.78, 5) is 10.0. The zero-order valence-corrected chi connectivity index (χ0v) is 7.95. The normalized spacial score (nSPS) is 13.2. The zero-order chi connectivity index (χ0) is 9.23.